The van der Waals surface area contributed by atoms with Crippen molar-refractivity contribution in [2.24, 2.45) is 0 Å². The first kappa shape index (κ1) is 19.7. The van der Waals surface area contributed by atoms with Crippen molar-refractivity contribution in [1.82, 2.24) is 9.80 Å². The largest absolute Gasteiger partial charge is 0.491 e. The minimum absolute atomic E-state index is 0.0328. The van der Waals surface area contributed by atoms with E-state index in [4.69, 9.17) is 9.15 Å². The van der Waals surface area contributed by atoms with Gasteiger partial charge in [0.05, 0.1) is 18.0 Å². The van der Waals surface area contributed by atoms with Crippen LogP contribution in [-0.4, -0.2) is 42.1 Å². The topological polar surface area (TPSA) is 45.9 Å². The van der Waals surface area contributed by atoms with Crippen LogP contribution >= 0.6 is 0 Å². The molecule has 152 valence electrons. The third-order valence-electron chi connectivity index (χ3n) is 5.23. The zero-order valence-corrected chi connectivity index (χ0v) is 17.1. The Bertz CT molecular complexity index is 1000. The summed E-state index contributed by atoms with van der Waals surface area (Å²) in [7, 11) is 0. The zero-order chi connectivity index (χ0) is 20.2. The van der Waals surface area contributed by atoms with Crippen molar-refractivity contribution in [2.45, 2.75) is 33.0 Å². The SMILES string of the molecule is CC(C)Oc1ccc(CN2CCN(Cc3cc(=O)c4ccccc4o3)CC2)cc1. The van der Waals surface area contributed by atoms with Crippen LogP contribution in [0.4, 0.5) is 0 Å². The molecular formula is C24H28N2O3. The van der Waals surface area contributed by atoms with Crippen LogP contribution in [0, 0.1) is 0 Å². The summed E-state index contributed by atoms with van der Waals surface area (Å²) < 4.78 is 11.7. The second kappa shape index (κ2) is 8.80. The monoisotopic (exact) mass is 392 g/mol. The first-order valence-electron chi connectivity index (χ1n) is 10.3. The second-order valence-corrected chi connectivity index (χ2v) is 7.94. The first-order chi connectivity index (χ1) is 14.1. The molecule has 2 heterocycles. The summed E-state index contributed by atoms with van der Waals surface area (Å²) in [4.78, 5) is 17.1. The number of hydrogen-bond acceptors (Lipinski definition) is 5. The van der Waals surface area contributed by atoms with Gasteiger partial charge in [-0.15, -0.1) is 0 Å². The highest BCUT2D eigenvalue weighted by Gasteiger charge is 2.18. The Hall–Kier alpha value is -2.63. The van der Waals surface area contributed by atoms with Gasteiger partial charge in [-0.2, -0.15) is 0 Å². The molecule has 0 saturated carbocycles. The van der Waals surface area contributed by atoms with Gasteiger partial charge in [-0.3, -0.25) is 14.6 Å². The standard InChI is InChI=1S/C24H28N2O3/c1-18(2)28-20-9-7-19(8-10-20)16-25-11-13-26(14-12-25)17-21-15-23(27)22-5-3-4-6-24(22)29-21/h3-10,15,18H,11-14,16-17H2,1-2H3. The molecule has 0 bridgehead atoms. The molecule has 0 amide bonds. The number of para-hydroxylation sites is 1. The molecule has 0 N–H and O–H groups in total. The van der Waals surface area contributed by atoms with E-state index < -0.39 is 0 Å². The number of nitrogens with zero attached hydrogens (tertiary/aromatic N) is 2. The average molecular weight is 392 g/mol. The van der Waals surface area contributed by atoms with Crippen molar-refractivity contribution >= 4 is 11.0 Å². The van der Waals surface area contributed by atoms with Gasteiger partial charge in [0.15, 0.2) is 5.43 Å². The molecule has 0 atom stereocenters. The normalized spacial score (nSPS) is 15.8. The minimum Gasteiger partial charge on any atom is -0.491 e. The van der Waals surface area contributed by atoms with E-state index in [-0.39, 0.29) is 11.5 Å². The van der Waals surface area contributed by atoms with Crippen LogP contribution in [0.25, 0.3) is 11.0 Å². The number of piperazine rings is 1. The number of hydrogen-bond donors (Lipinski definition) is 0. The number of fused-ring (bicyclic) bond motifs is 1. The fourth-order valence-corrected chi connectivity index (χ4v) is 3.76. The maximum Gasteiger partial charge on any atom is 0.192 e. The minimum atomic E-state index is 0.0328. The van der Waals surface area contributed by atoms with Gasteiger partial charge >= 0.3 is 0 Å². The highest BCUT2D eigenvalue weighted by molar-refractivity contribution is 5.76. The summed E-state index contributed by atoms with van der Waals surface area (Å²) in [5.41, 5.74) is 2.00. The Kier molecular flexibility index (Phi) is 5.97. The number of benzene rings is 2. The Balaban J connectivity index is 1.31. The van der Waals surface area contributed by atoms with E-state index in [1.165, 1.54) is 5.56 Å². The molecule has 1 aromatic heterocycles. The van der Waals surface area contributed by atoms with E-state index in [0.29, 0.717) is 17.5 Å². The summed E-state index contributed by atoms with van der Waals surface area (Å²) in [6, 6.07) is 17.5. The van der Waals surface area contributed by atoms with Gasteiger partial charge in [0, 0.05) is 38.8 Å². The van der Waals surface area contributed by atoms with Crippen LogP contribution in [0.5, 0.6) is 5.75 Å². The lowest BCUT2D eigenvalue weighted by Gasteiger charge is -2.34. The molecular weight excluding hydrogens is 364 g/mol. The molecule has 3 aromatic rings. The molecule has 5 nitrogen and oxygen atoms in total. The molecule has 29 heavy (non-hydrogen) atoms. The third kappa shape index (κ3) is 5.05. The highest BCUT2D eigenvalue weighted by atomic mass is 16.5. The van der Waals surface area contributed by atoms with Gasteiger partial charge in [0.25, 0.3) is 0 Å². The van der Waals surface area contributed by atoms with Crippen LogP contribution < -0.4 is 10.2 Å². The fourth-order valence-electron chi connectivity index (χ4n) is 3.76. The Morgan fingerprint density at radius 3 is 2.28 bits per heavy atom. The van der Waals surface area contributed by atoms with Crippen molar-refractivity contribution in [3.63, 3.8) is 0 Å². The second-order valence-electron chi connectivity index (χ2n) is 7.94. The Morgan fingerprint density at radius 2 is 1.59 bits per heavy atom. The number of ether oxygens (including phenoxy) is 1. The lowest BCUT2D eigenvalue weighted by Crippen LogP contribution is -2.45. The van der Waals surface area contributed by atoms with Gasteiger partial charge in [-0.05, 0) is 43.7 Å². The van der Waals surface area contributed by atoms with Crippen LogP contribution in [0.1, 0.15) is 25.2 Å². The molecule has 5 heteroatoms. The quantitative estimate of drug-likeness (QED) is 0.637. The lowest BCUT2D eigenvalue weighted by molar-refractivity contribution is 0.116. The predicted molar refractivity (Wildman–Crippen MR) is 115 cm³/mol. The molecule has 1 aliphatic heterocycles. The molecule has 0 radical (unpaired) electrons. The van der Waals surface area contributed by atoms with Gasteiger partial charge in [-0.1, -0.05) is 24.3 Å². The van der Waals surface area contributed by atoms with Crippen LogP contribution in [0.2, 0.25) is 0 Å². The maximum absolute atomic E-state index is 12.3. The van der Waals surface area contributed by atoms with Gasteiger partial charge in [-0.25, -0.2) is 0 Å². The maximum atomic E-state index is 12.3. The molecule has 0 aliphatic carbocycles. The van der Waals surface area contributed by atoms with Crippen molar-refractivity contribution in [3.8, 4) is 5.75 Å². The highest BCUT2D eigenvalue weighted by Crippen LogP contribution is 2.17. The smallest absolute Gasteiger partial charge is 0.192 e. The Labute approximate surface area is 171 Å². The molecule has 0 spiro atoms. The predicted octanol–water partition coefficient (Wildman–Crippen LogP) is 3.90. The molecule has 2 aromatic carbocycles. The van der Waals surface area contributed by atoms with Crippen molar-refractivity contribution in [2.75, 3.05) is 26.2 Å². The summed E-state index contributed by atoms with van der Waals surface area (Å²) >= 11 is 0. The van der Waals surface area contributed by atoms with Crippen LogP contribution in [-0.2, 0) is 13.1 Å². The summed E-state index contributed by atoms with van der Waals surface area (Å²) in [5.74, 6) is 1.66. The number of rotatable bonds is 6. The van der Waals surface area contributed by atoms with Gasteiger partial charge in [0.1, 0.15) is 17.1 Å². The van der Waals surface area contributed by atoms with E-state index in [1.807, 2.05) is 50.2 Å². The van der Waals surface area contributed by atoms with Crippen LogP contribution in [0.15, 0.2) is 63.8 Å². The zero-order valence-electron chi connectivity index (χ0n) is 17.1. The van der Waals surface area contributed by atoms with Crippen molar-refractivity contribution < 1.29 is 9.15 Å². The van der Waals surface area contributed by atoms with E-state index in [1.54, 1.807) is 6.07 Å². The molecule has 4 rings (SSSR count). The Morgan fingerprint density at radius 1 is 0.931 bits per heavy atom. The first-order valence-corrected chi connectivity index (χ1v) is 10.3. The van der Waals surface area contributed by atoms with Gasteiger partial charge < -0.3 is 9.15 Å². The summed E-state index contributed by atoms with van der Waals surface area (Å²) in [6.07, 6.45) is 0.195. The van der Waals surface area contributed by atoms with Crippen molar-refractivity contribution in [1.29, 1.82) is 0 Å². The van der Waals surface area contributed by atoms with Crippen molar-refractivity contribution in [3.05, 3.63) is 76.1 Å². The molecule has 0 unspecified atom stereocenters. The molecule has 1 saturated heterocycles. The fraction of sp³-hybridized carbons (Fsp3) is 0.375. The third-order valence-corrected chi connectivity index (χ3v) is 5.23. The molecule has 1 fully saturated rings. The van der Waals surface area contributed by atoms with Gasteiger partial charge in [0.2, 0.25) is 0 Å². The van der Waals surface area contributed by atoms with E-state index in [0.717, 1.165) is 44.2 Å². The van der Waals surface area contributed by atoms with E-state index >= 15 is 0 Å². The van der Waals surface area contributed by atoms with E-state index in [2.05, 4.69) is 21.9 Å². The van der Waals surface area contributed by atoms with Crippen LogP contribution in [0.3, 0.4) is 0 Å². The average Bonchev–Trinajstić information content (AvgIpc) is 2.71. The summed E-state index contributed by atoms with van der Waals surface area (Å²) in [6.45, 7) is 9.63. The lowest BCUT2D eigenvalue weighted by atomic mass is 10.2. The van der Waals surface area contributed by atoms with E-state index in [9.17, 15) is 4.79 Å². The molecule has 1 aliphatic rings. The summed E-state index contributed by atoms with van der Waals surface area (Å²) in [5, 5.41) is 0.644.